The van der Waals surface area contributed by atoms with E-state index in [1.807, 2.05) is 30.5 Å². The van der Waals surface area contributed by atoms with Crippen LogP contribution in [0.15, 0.2) is 91.1 Å². The molecule has 0 aliphatic heterocycles. The first-order valence-electron chi connectivity index (χ1n) is 18.5. The summed E-state index contributed by atoms with van der Waals surface area (Å²) in [5.41, 5.74) is 11.4. The number of aryl methyl sites for hydroxylation is 1. The first kappa shape index (κ1) is 38.2. The van der Waals surface area contributed by atoms with E-state index in [2.05, 4.69) is 158 Å². The van der Waals surface area contributed by atoms with Gasteiger partial charge in [0.15, 0.2) is 0 Å². The van der Waals surface area contributed by atoms with Crippen molar-refractivity contribution in [2.45, 2.75) is 98.8 Å². The van der Waals surface area contributed by atoms with Crippen molar-refractivity contribution in [2.75, 3.05) is 0 Å². The molecule has 0 amide bonds. The predicted octanol–water partition coefficient (Wildman–Crippen LogP) is 12.6. The predicted molar refractivity (Wildman–Crippen MR) is 216 cm³/mol. The molecule has 7 aromatic rings. The molecule has 0 unspecified atom stereocenters. The third-order valence-corrected chi connectivity index (χ3v) is 9.88. The number of aromatic nitrogens is 4. The Kier molecular flexibility index (Phi) is 10.4. The van der Waals surface area contributed by atoms with E-state index >= 15 is 0 Å². The largest absolute Gasteiger partial charge is 2.00 e. The molecule has 0 radical (unpaired) electrons. The maximum absolute atomic E-state index is 6.55. The van der Waals surface area contributed by atoms with Crippen molar-refractivity contribution >= 4 is 21.8 Å². The van der Waals surface area contributed by atoms with Crippen molar-refractivity contribution in [3.63, 3.8) is 0 Å². The Balaban J connectivity index is 0.00000481. The number of hydrogen-bond donors (Lipinski definition) is 0. The maximum Gasteiger partial charge on any atom is 2.00 e. The van der Waals surface area contributed by atoms with Crippen LogP contribution in [0.4, 0.5) is 0 Å². The molecule has 0 saturated heterocycles. The Hall–Kier alpha value is -4.50. The van der Waals surface area contributed by atoms with Crippen LogP contribution in [-0.2, 0) is 31.3 Å². The molecular formula is C47H50N4OPd. The van der Waals surface area contributed by atoms with Crippen LogP contribution >= 0.6 is 0 Å². The number of rotatable bonds is 7. The molecule has 0 fully saturated rings. The molecule has 0 spiro atoms. The number of ether oxygens (including phenoxy) is 1. The minimum atomic E-state index is 0. The molecule has 0 saturated carbocycles. The monoisotopic (exact) mass is 792 g/mol. The van der Waals surface area contributed by atoms with E-state index in [0.29, 0.717) is 11.5 Å². The second-order valence-corrected chi connectivity index (χ2v) is 16.8. The Morgan fingerprint density at radius 3 is 2.02 bits per heavy atom. The summed E-state index contributed by atoms with van der Waals surface area (Å²) in [5.74, 6) is 2.50. The summed E-state index contributed by atoms with van der Waals surface area (Å²) < 4.78 is 10.8. The van der Waals surface area contributed by atoms with Gasteiger partial charge in [0.25, 0.3) is 0 Å². The molecule has 4 aromatic carbocycles. The molecular weight excluding hydrogens is 743 g/mol. The van der Waals surface area contributed by atoms with E-state index < -0.39 is 0 Å². The molecule has 5 nitrogen and oxygen atoms in total. The van der Waals surface area contributed by atoms with Gasteiger partial charge < -0.3 is 9.30 Å². The molecule has 7 rings (SSSR count). The first-order valence-corrected chi connectivity index (χ1v) is 18.5. The van der Waals surface area contributed by atoms with Crippen molar-refractivity contribution in [1.82, 2.24) is 19.3 Å². The van der Waals surface area contributed by atoms with Gasteiger partial charge in [-0.3, -0.25) is 4.68 Å². The van der Waals surface area contributed by atoms with Crippen LogP contribution in [0.1, 0.15) is 109 Å². The number of benzene rings is 4. The van der Waals surface area contributed by atoms with E-state index in [1.54, 1.807) is 0 Å². The van der Waals surface area contributed by atoms with Gasteiger partial charge in [0.1, 0.15) is 5.82 Å². The van der Waals surface area contributed by atoms with Crippen molar-refractivity contribution in [2.24, 2.45) is 0 Å². The fourth-order valence-electron chi connectivity index (χ4n) is 7.06. The molecule has 0 N–H and O–H groups in total. The van der Waals surface area contributed by atoms with E-state index in [0.717, 1.165) is 44.6 Å². The van der Waals surface area contributed by atoms with Crippen molar-refractivity contribution in [3.8, 4) is 34.1 Å². The minimum Gasteiger partial charge on any atom is -0.509 e. The number of fused-ring (bicyclic) bond motifs is 3. The number of nitrogens with zero attached hydrogens (tertiary/aromatic N) is 4. The molecule has 0 bridgehead atoms. The summed E-state index contributed by atoms with van der Waals surface area (Å²) in [7, 11) is 0. The summed E-state index contributed by atoms with van der Waals surface area (Å²) in [5, 5.41) is 7.59. The molecule has 53 heavy (non-hydrogen) atoms. The second kappa shape index (κ2) is 14.4. The second-order valence-electron chi connectivity index (χ2n) is 16.8. The Labute approximate surface area is 329 Å². The van der Waals surface area contributed by atoms with Crippen LogP contribution < -0.4 is 4.74 Å². The average Bonchev–Trinajstić information content (AvgIpc) is 3.65. The summed E-state index contributed by atoms with van der Waals surface area (Å²) in [4.78, 5) is 4.73. The Bertz CT molecular complexity index is 2400. The van der Waals surface area contributed by atoms with Crippen LogP contribution in [-0.4, -0.2) is 19.3 Å². The van der Waals surface area contributed by atoms with Crippen molar-refractivity contribution < 1.29 is 25.2 Å². The van der Waals surface area contributed by atoms with Crippen LogP contribution in [0.3, 0.4) is 0 Å². The fourth-order valence-corrected chi connectivity index (χ4v) is 7.06. The third-order valence-electron chi connectivity index (χ3n) is 9.88. The van der Waals surface area contributed by atoms with Crippen molar-refractivity contribution in [3.05, 3.63) is 131 Å². The SMILES string of the molecule is Cc1ccnc(-n2c3[c-]c(Oc4[c-]c(-n5nc(C(C)C)c(-c6cc(C(C)(C)C)cc(C(C)(C)C)c6)c5C(C)C)ccc4)ccc3c3ccccc32)c1.[Pd+2]. The van der Waals surface area contributed by atoms with Crippen LogP contribution in [0.25, 0.3) is 44.4 Å². The zero-order chi connectivity index (χ0) is 37.1. The maximum atomic E-state index is 6.55. The zero-order valence-electron chi connectivity index (χ0n) is 32.8. The van der Waals surface area contributed by atoms with E-state index in [9.17, 15) is 0 Å². The van der Waals surface area contributed by atoms with E-state index in [-0.39, 0.29) is 43.1 Å². The molecule has 274 valence electrons. The van der Waals surface area contributed by atoms with Gasteiger partial charge in [0, 0.05) is 28.8 Å². The average molecular weight is 793 g/mol. The number of hydrogen-bond acceptors (Lipinski definition) is 3. The topological polar surface area (TPSA) is 44.9 Å². The van der Waals surface area contributed by atoms with Gasteiger partial charge in [0.2, 0.25) is 0 Å². The van der Waals surface area contributed by atoms with Gasteiger partial charge in [-0.2, -0.15) is 17.2 Å². The van der Waals surface area contributed by atoms with Gasteiger partial charge >= 0.3 is 20.4 Å². The van der Waals surface area contributed by atoms with Gasteiger partial charge in [-0.15, -0.1) is 35.7 Å². The van der Waals surface area contributed by atoms with E-state index in [4.69, 9.17) is 14.8 Å². The standard InChI is InChI=1S/C47H50N4O.Pd/c1-29(2)44-43(32-24-33(46(6,7)8)26-34(25-32)47(9,10)11)45(30(3)4)51(49-44)35-15-14-16-36(27-35)52-37-19-20-39-38-17-12-13-18-40(38)50(41(39)28-37)42-23-31(5)21-22-48-42;/h12-26,29-30H,1-11H3;/q-2;+2. The summed E-state index contributed by atoms with van der Waals surface area (Å²) in [6.07, 6.45) is 1.85. The molecule has 6 heteroatoms. The number of para-hydroxylation sites is 1. The van der Waals surface area contributed by atoms with Gasteiger partial charge in [-0.05, 0) is 81.1 Å². The molecule has 3 heterocycles. The summed E-state index contributed by atoms with van der Waals surface area (Å²) in [6, 6.07) is 37.0. The van der Waals surface area contributed by atoms with Crippen LogP contribution in [0.5, 0.6) is 11.5 Å². The Morgan fingerprint density at radius 2 is 1.38 bits per heavy atom. The van der Waals surface area contributed by atoms with Gasteiger partial charge in [-0.1, -0.05) is 111 Å². The molecule has 0 aliphatic rings. The minimum absolute atomic E-state index is 0. The Morgan fingerprint density at radius 1 is 0.698 bits per heavy atom. The third kappa shape index (κ3) is 7.37. The van der Waals surface area contributed by atoms with Gasteiger partial charge in [-0.25, -0.2) is 4.98 Å². The molecule has 3 aromatic heterocycles. The van der Waals surface area contributed by atoms with Crippen LogP contribution in [0.2, 0.25) is 0 Å². The zero-order valence-corrected chi connectivity index (χ0v) is 34.4. The van der Waals surface area contributed by atoms with E-state index in [1.165, 1.54) is 27.9 Å². The quantitative estimate of drug-likeness (QED) is 0.119. The first-order chi connectivity index (χ1) is 24.6. The summed E-state index contributed by atoms with van der Waals surface area (Å²) >= 11 is 0. The summed E-state index contributed by atoms with van der Waals surface area (Å²) in [6.45, 7) is 24.8. The smallest absolute Gasteiger partial charge is 0.509 e. The number of pyridine rings is 1. The van der Waals surface area contributed by atoms with Gasteiger partial charge in [0.05, 0.1) is 11.4 Å². The molecule has 0 atom stereocenters. The van der Waals surface area contributed by atoms with Crippen LogP contribution in [0, 0.1) is 19.1 Å². The van der Waals surface area contributed by atoms with Crippen molar-refractivity contribution in [1.29, 1.82) is 0 Å². The normalized spacial score (nSPS) is 12.2. The fraction of sp³-hybridized carbons (Fsp3) is 0.319. The molecule has 0 aliphatic carbocycles.